The minimum Gasteiger partial charge on any atom is -0.398 e. The molecule has 0 radical (unpaired) electrons. The summed E-state index contributed by atoms with van der Waals surface area (Å²) in [5, 5.41) is 21.3. The minimum atomic E-state index is -1.09. The molecule has 0 fully saturated rings. The zero-order valence-electron chi connectivity index (χ0n) is 18.6. The molecule has 0 saturated heterocycles. The van der Waals surface area contributed by atoms with Gasteiger partial charge in [-0.1, -0.05) is 39.0 Å². The number of rotatable bonds is 7. The van der Waals surface area contributed by atoms with Crippen LogP contribution in [-0.4, -0.2) is 39.6 Å². The van der Waals surface area contributed by atoms with Gasteiger partial charge in [-0.3, -0.25) is 10.8 Å². The van der Waals surface area contributed by atoms with Crippen LogP contribution in [0, 0.1) is 5.92 Å². The summed E-state index contributed by atoms with van der Waals surface area (Å²) in [6.07, 6.45) is 0.697. The molecule has 2 aromatic rings. The van der Waals surface area contributed by atoms with Crippen molar-refractivity contribution in [2.75, 3.05) is 17.2 Å². The van der Waals surface area contributed by atoms with Crippen LogP contribution in [0.5, 0.6) is 0 Å². The predicted molar refractivity (Wildman–Crippen MR) is 122 cm³/mol. The number of nitrogens with two attached hydrogens (primary N) is 2. The molecular weight excluding hydrogens is 378 g/mol. The number of nitrogens with one attached hydrogen (secondary N) is 2. The number of nitrogens with zero attached hydrogens (tertiary/aromatic N) is 3. The standard InChI is InChI=1S/C22H35N7O/c1-6-16(12-30)22(24)26-21(25-11-15-9-7-8-10-17(15)23)19-20(29(22)14(4)5)18(13(2)3)27-28-19/h7-10,13-14,16,30H,6,11-12,23-24H2,1-5H3,(H,25,26)(H,27,28). The normalized spacial score (nSPS) is 19.8. The second-order valence-corrected chi connectivity index (χ2v) is 8.53. The highest BCUT2D eigenvalue weighted by molar-refractivity contribution is 6.04. The molecule has 2 atom stereocenters. The Labute approximate surface area is 178 Å². The molecule has 0 saturated carbocycles. The average Bonchev–Trinajstić information content (AvgIpc) is 3.12. The van der Waals surface area contributed by atoms with Gasteiger partial charge in [-0.25, -0.2) is 4.99 Å². The Morgan fingerprint density at radius 1 is 1.23 bits per heavy atom. The predicted octanol–water partition coefficient (Wildman–Crippen LogP) is 2.51. The van der Waals surface area contributed by atoms with Crippen molar-refractivity contribution in [2.45, 2.75) is 65.3 Å². The lowest BCUT2D eigenvalue weighted by molar-refractivity contribution is 0.141. The van der Waals surface area contributed by atoms with Crippen LogP contribution in [0.2, 0.25) is 0 Å². The molecule has 7 N–H and O–H groups in total. The fourth-order valence-electron chi connectivity index (χ4n) is 4.16. The van der Waals surface area contributed by atoms with Crippen molar-refractivity contribution in [3.63, 3.8) is 0 Å². The van der Waals surface area contributed by atoms with E-state index in [4.69, 9.17) is 16.5 Å². The van der Waals surface area contributed by atoms with Crippen LogP contribution in [0.4, 0.5) is 11.4 Å². The maximum absolute atomic E-state index is 10.1. The number of benzene rings is 1. The summed E-state index contributed by atoms with van der Waals surface area (Å²) in [5.41, 5.74) is 17.5. The molecule has 0 bridgehead atoms. The molecule has 164 valence electrons. The number of aliphatic hydroxyl groups is 1. The van der Waals surface area contributed by atoms with Crippen LogP contribution < -0.4 is 21.7 Å². The van der Waals surface area contributed by atoms with Gasteiger partial charge < -0.3 is 21.1 Å². The van der Waals surface area contributed by atoms with E-state index >= 15 is 0 Å². The van der Waals surface area contributed by atoms with Gasteiger partial charge in [0, 0.05) is 24.2 Å². The first-order valence-electron chi connectivity index (χ1n) is 10.7. The Morgan fingerprint density at radius 3 is 2.50 bits per heavy atom. The number of hydrogen-bond donors (Lipinski definition) is 5. The lowest BCUT2D eigenvalue weighted by Crippen LogP contribution is -2.65. The summed E-state index contributed by atoms with van der Waals surface area (Å²) in [6.45, 7) is 10.9. The zero-order chi connectivity index (χ0) is 22.1. The van der Waals surface area contributed by atoms with E-state index in [-0.39, 0.29) is 24.5 Å². The second-order valence-electron chi connectivity index (χ2n) is 8.53. The first kappa shape index (κ1) is 22.1. The Morgan fingerprint density at radius 2 is 1.93 bits per heavy atom. The zero-order valence-corrected chi connectivity index (χ0v) is 18.6. The van der Waals surface area contributed by atoms with E-state index in [1.165, 1.54) is 0 Å². The smallest absolute Gasteiger partial charge is 0.192 e. The highest BCUT2D eigenvalue weighted by Gasteiger charge is 2.47. The van der Waals surface area contributed by atoms with E-state index in [1.807, 2.05) is 31.2 Å². The van der Waals surface area contributed by atoms with Crippen molar-refractivity contribution in [1.82, 2.24) is 15.5 Å². The number of nitrogen functional groups attached to an aromatic ring is 1. The van der Waals surface area contributed by atoms with Gasteiger partial charge in [0.25, 0.3) is 0 Å². The third-order valence-electron chi connectivity index (χ3n) is 5.80. The number of anilines is 2. The van der Waals surface area contributed by atoms with Gasteiger partial charge in [-0.05, 0) is 37.8 Å². The molecule has 2 heterocycles. The minimum absolute atomic E-state index is 0.0527. The van der Waals surface area contributed by atoms with Crippen molar-refractivity contribution in [1.29, 1.82) is 0 Å². The number of aromatic amines is 1. The van der Waals surface area contributed by atoms with Crippen molar-refractivity contribution in [3.8, 4) is 0 Å². The first-order valence-corrected chi connectivity index (χ1v) is 10.7. The molecule has 3 rings (SSSR count). The molecule has 0 aliphatic carbocycles. The van der Waals surface area contributed by atoms with Gasteiger partial charge in [0.2, 0.25) is 0 Å². The first-order chi connectivity index (χ1) is 14.2. The Hall–Kier alpha value is -2.58. The number of aliphatic imine (C=N–C) groups is 1. The Balaban J connectivity index is 2.12. The summed E-state index contributed by atoms with van der Waals surface area (Å²) >= 11 is 0. The van der Waals surface area contributed by atoms with Gasteiger partial charge in [0.1, 0.15) is 5.69 Å². The monoisotopic (exact) mass is 413 g/mol. The third-order valence-corrected chi connectivity index (χ3v) is 5.80. The van der Waals surface area contributed by atoms with E-state index < -0.39 is 5.79 Å². The van der Waals surface area contributed by atoms with Crippen LogP contribution in [0.15, 0.2) is 29.3 Å². The van der Waals surface area contributed by atoms with E-state index in [1.54, 1.807) is 0 Å². The molecule has 1 aromatic heterocycles. The number of hydrogen-bond acceptors (Lipinski definition) is 7. The van der Waals surface area contributed by atoms with Crippen LogP contribution in [0.3, 0.4) is 0 Å². The largest absolute Gasteiger partial charge is 0.398 e. The molecule has 8 nitrogen and oxygen atoms in total. The van der Waals surface area contributed by atoms with Gasteiger partial charge in [0.15, 0.2) is 11.6 Å². The fraction of sp³-hybridized carbons (Fsp3) is 0.545. The van der Waals surface area contributed by atoms with Gasteiger partial charge >= 0.3 is 0 Å². The van der Waals surface area contributed by atoms with Crippen LogP contribution in [-0.2, 0) is 6.54 Å². The Bertz CT molecular complexity index is 901. The van der Waals surface area contributed by atoms with Crippen LogP contribution in [0.1, 0.15) is 63.9 Å². The summed E-state index contributed by atoms with van der Waals surface area (Å²) in [7, 11) is 0. The maximum Gasteiger partial charge on any atom is 0.192 e. The highest BCUT2D eigenvalue weighted by Crippen LogP contribution is 2.41. The maximum atomic E-state index is 10.1. The van der Waals surface area contributed by atoms with E-state index in [0.29, 0.717) is 18.8 Å². The number of para-hydroxylation sites is 1. The van der Waals surface area contributed by atoms with E-state index in [0.717, 1.165) is 28.3 Å². The summed E-state index contributed by atoms with van der Waals surface area (Å²) in [6, 6.07) is 7.81. The topological polar surface area (TPSA) is 129 Å². The average molecular weight is 414 g/mol. The quantitative estimate of drug-likeness (QED) is 0.444. The molecular formula is C22H35N7O. The molecule has 8 heteroatoms. The van der Waals surface area contributed by atoms with Crippen LogP contribution >= 0.6 is 0 Å². The molecule has 2 unspecified atom stereocenters. The molecule has 0 spiro atoms. The lowest BCUT2D eigenvalue weighted by atomic mass is 9.92. The Kier molecular flexibility index (Phi) is 6.38. The fourth-order valence-corrected chi connectivity index (χ4v) is 4.16. The van der Waals surface area contributed by atoms with Crippen LogP contribution in [0.25, 0.3) is 0 Å². The summed E-state index contributed by atoms with van der Waals surface area (Å²) in [5.74, 6) is -0.489. The number of aliphatic hydroxyl groups excluding tert-OH is 1. The van der Waals surface area contributed by atoms with Gasteiger partial charge in [-0.15, -0.1) is 0 Å². The van der Waals surface area contributed by atoms with E-state index in [9.17, 15) is 5.11 Å². The van der Waals surface area contributed by atoms with Gasteiger partial charge in [0.05, 0.1) is 18.0 Å². The van der Waals surface area contributed by atoms with Crippen molar-refractivity contribution in [2.24, 2.45) is 16.6 Å². The van der Waals surface area contributed by atoms with Crippen molar-refractivity contribution in [3.05, 3.63) is 41.2 Å². The number of aromatic nitrogens is 2. The van der Waals surface area contributed by atoms with Crippen molar-refractivity contribution < 1.29 is 5.11 Å². The summed E-state index contributed by atoms with van der Waals surface area (Å²) < 4.78 is 0. The van der Waals surface area contributed by atoms with Crippen molar-refractivity contribution >= 4 is 17.2 Å². The van der Waals surface area contributed by atoms with E-state index in [2.05, 4.69) is 48.1 Å². The number of fused-ring (bicyclic) bond motifs is 1. The third kappa shape index (κ3) is 3.77. The number of H-pyrrole nitrogens is 1. The second kappa shape index (κ2) is 8.65. The number of amidine groups is 1. The summed E-state index contributed by atoms with van der Waals surface area (Å²) in [4.78, 5) is 7.06. The van der Waals surface area contributed by atoms with Gasteiger partial charge in [-0.2, -0.15) is 5.10 Å². The molecule has 1 aliphatic rings. The highest BCUT2D eigenvalue weighted by atomic mass is 16.3. The SMILES string of the molecule is CCC(CO)C1(N)N=C(NCc2ccccc2N)c2[nH]nc(C(C)C)c2N1C(C)C. The molecule has 0 amide bonds. The molecule has 1 aromatic carbocycles. The molecule has 30 heavy (non-hydrogen) atoms. The lowest BCUT2D eigenvalue weighted by Gasteiger charge is -2.49. The molecule has 1 aliphatic heterocycles.